The van der Waals surface area contributed by atoms with Crippen LogP contribution in [0.25, 0.3) is 0 Å². The van der Waals surface area contributed by atoms with E-state index in [1.54, 1.807) is 0 Å². The molecule has 3 unspecified atom stereocenters. The van der Waals surface area contributed by atoms with Crippen LogP contribution in [0.3, 0.4) is 0 Å². The first kappa shape index (κ1) is 10.7. The van der Waals surface area contributed by atoms with E-state index >= 15 is 0 Å². The number of nitrogens with two attached hydrogens (primary N) is 1. The quantitative estimate of drug-likeness (QED) is 0.803. The predicted molar refractivity (Wildman–Crippen MR) is 64.9 cm³/mol. The van der Waals surface area contributed by atoms with Crippen molar-refractivity contribution >= 4 is 0 Å². The Morgan fingerprint density at radius 2 is 2.07 bits per heavy atom. The fourth-order valence-corrected chi connectivity index (χ4v) is 2.37. The number of aryl methyl sites for hydroxylation is 2. The maximum absolute atomic E-state index is 6.22. The van der Waals surface area contributed by atoms with Crippen LogP contribution in [0.1, 0.15) is 30.0 Å². The van der Waals surface area contributed by atoms with Crippen LogP contribution in [0.4, 0.5) is 0 Å². The van der Waals surface area contributed by atoms with Gasteiger partial charge in [0.1, 0.15) is 0 Å². The Kier molecular flexibility index (Phi) is 2.83. The molecule has 3 atom stereocenters. The van der Waals surface area contributed by atoms with Gasteiger partial charge >= 0.3 is 0 Å². The summed E-state index contributed by atoms with van der Waals surface area (Å²) in [5, 5.41) is 0. The maximum Gasteiger partial charge on any atom is 0.0110 e. The highest BCUT2D eigenvalue weighted by atomic mass is 14.7. The normalized spacial score (nSPS) is 26.4. The zero-order chi connectivity index (χ0) is 11.0. The first-order valence-corrected chi connectivity index (χ1v) is 5.89. The molecular weight excluding hydrogens is 182 g/mol. The number of hydrogen-bond acceptors (Lipinski definition) is 1. The molecule has 0 amide bonds. The van der Waals surface area contributed by atoms with Crippen molar-refractivity contribution in [2.75, 3.05) is 0 Å². The van der Waals surface area contributed by atoms with Crippen LogP contribution in [0.2, 0.25) is 0 Å². The molecule has 1 aromatic carbocycles. The number of rotatable bonds is 3. The maximum atomic E-state index is 6.22. The van der Waals surface area contributed by atoms with Crippen LogP contribution in [-0.2, 0) is 6.42 Å². The van der Waals surface area contributed by atoms with Crippen LogP contribution >= 0.6 is 0 Å². The lowest BCUT2D eigenvalue weighted by Gasteiger charge is -2.13. The van der Waals surface area contributed by atoms with Crippen molar-refractivity contribution in [1.29, 1.82) is 0 Å². The molecule has 2 N–H and O–H groups in total. The van der Waals surface area contributed by atoms with Crippen molar-refractivity contribution in [3.63, 3.8) is 0 Å². The van der Waals surface area contributed by atoms with E-state index in [0.717, 1.165) is 18.3 Å². The Labute approximate surface area is 92.7 Å². The Morgan fingerprint density at radius 3 is 2.67 bits per heavy atom. The van der Waals surface area contributed by atoms with Gasteiger partial charge in [-0.25, -0.2) is 0 Å². The molecule has 82 valence electrons. The summed E-state index contributed by atoms with van der Waals surface area (Å²) >= 11 is 0. The molecule has 0 aromatic heterocycles. The van der Waals surface area contributed by atoms with Gasteiger partial charge in [0.2, 0.25) is 0 Å². The van der Waals surface area contributed by atoms with Crippen molar-refractivity contribution in [3.05, 3.63) is 34.9 Å². The Morgan fingerprint density at radius 1 is 1.40 bits per heavy atom. The second-order valence-corrected chi connectivity index (χ2v) is 5.17. The molecule has 1 aromatic rings. The molecule has 1 heteroatoms. The first-order chi connectivity index (χ1) is 7.08. The zero-order valence-corrected chi connectivity index (χ0v) is 9.96. The summed E-state index contributed by atoms with van der Waals surface area (Å²) in [6, 6.07) is 7.01. The van der Waals surface area contributed by atoms with Crippen molar-refractivity contribution in [1.82, 2.24) is 0 Å². The highest BCUT2D eigenvalue weighted by Crippen LogP contribution is 2.40. The lowest BCUT2D eigenvalue weighted by Crippen LogP contribution is -2.26. The van der Waals surface area contributed by atoms with Crippen molar-refractivity contribution in [3.8, 4) is 0 Å². The minimum Gasteiger partial charge on any atom is -0.327 e. The third-order valence-electron chi connectivity index (χ3n) is 3.68. The SMILES string of the molecule is Cc1ccc(C)c(CC(N)C2CC2C)c1. The van der Waals surface area contributed by atoms with Gasteiger partial charge in [0.05, 0.1) is 0 Å². The van der Waals surface area contributed by atoms with Gasteiger partial charge in [-0.2, -0.15) is 0 Å². The molecule has 1 nitrogen and oxygen atoms in total. The van der Waals surface area contributed by atoms with E-state index in [-0.39, 0.29) is 0 Å². The summed E-state index contributed by atoms with van der Waals surface area (Å²) in [7, 11) is 0. The highest BCUT2D eigenvalue weighted by Gasteiger charge is 2.37. The van der Waals surface area contributed by atoms with Gasteiger partial charge in [-0.1, -0.05) is 30.7 Å². The molecule has 0 spiro atoms. The zero-order valence-electron chi connectivity index (χ0n) is 9.96. The minimum atomic E-state index is 0.362. The van der Waals surface area contributed by atoms with Crippen LogP contribution in [0, 0.1) is 25.7 Å². The van der Waals surface area contributed by atoms with Crippen molar-refractivity contribution < 1.29 is 0 Å². The fourth-order valence-electron chi connectivity index (χ4n) is 2.37. The van der Waals surface area contributed by atoms with Crippen LogP contribution in [0.5, 0.6) is 0 Å². The van der Waals surface area contributed by atoms with E-state index in [1.165, 1.54) is 23.1 Å². The van der Waals surface area contributed by atoms with E-state index in [9.17, 15) is 0 Å². The summed E-state index contributed by atoms with van der Waals surface area (Å²) in [6.07, 6.45) is 2.37. The molecule has 0 saturated heterocycles. The topological polar surface area (TPSA) is 26.0 Å². The lowest BCUT2D eigenvalue weighted by molar-refractivity contribution is 0.559. The van der Waals surface area contributed by atoms with Gasteiger partial charge < -0.3 is 5.73 Å². The molecule has 0 aliphatic heterocycles. The van der Waals surface area contributed by atoms with Gasteiger partial charge in [-0.05, 0) is 49.7 Å². The van der Waals surface area contributed by atoms with Gasteiger partial charge in [0, 0.05) is 6.04 Å². The molecule has 1 aliphatic rings. The van der Waals surface area contributed by atoms with Gasteiger partial charge in [0.15, 0.2) is 0 Å². The molecular formula is C14H21N. The average Bonchev–Trinajstić information content (AvgIpc) is 2.89. The van der Waals surface area contributed by atoms with Crippen molar-refractivity contribution in [2.45, 2.75) is 39.7 Å². The van der Waals surface area contributed by atoms with E-state index in [1.807, 2.05) is 0 Å². The van der Waals surface area contributed by atoms with Gasteiger partial charge in [-0.3, -0.25) is 0 Å². The summed E-state index contributed by atoms with van der Waals surface area (Å²) < 4.78 is 0. The van der Waals surface area contributed by atoms with E-state index < -0.39 is 0 Å². The molecule has 0 heterocycles. The smallest absolute Gasteiger partial charge is 0.0110 e. The molecule has 0 bridgehead atoms. The predicted octanol–water partition coefficient (Wildman–Crippen LogP) is 2.83. The second kappa shape index (κ2) is 3.97. The summed E-state index contributed by atoms with van der Waals surface area (Å²) in [6.45, 7) is 6.62. The summed E-state index contributed by atoms with van der Waals surface area (Å²) in [5.41, 5.74) is 10.4. The molecule has 0 radical (unpaired) electrons. The summed E-state index contributed by atoms with van der Waals surface area (Å²) in [5.74, 6) is 1.62. The average molecular weight is 203 g/mol. The van der Waals surface area contributed by atoms with Crippen LogP contribution in [-0.4, -0.2) is 6.04 Å². The molecule has 1 fully saturated rings. The fraction of sp³-hybridized carbons (Fsp3) is 0.571. The largest absolute Gasteiger partial charge is 0.327 e. The second-order valence-electron chi connectivity index (χ2n) is 5.17. The third kappa shape index (κ3) is 2.40. The van der Waals surface area contributed by atoms with Crippen molar-refractivity contribution in [2.24, 2.45) is 17.6 Å². The Hall–Kier alpha value is -0.820. The summed E-state index contributed by atoms with van der Waals surface area (Å²) in [4.78, 5) is 0. The lowest BCUT2D eigenvalue weighted by atomic mass is 9.97. The Balaban J connectivity index is 2.06. The van der Waals surface area contributed by atoms with Gasteiger partial charge in [-0.15, -0.1) is 0 Å². The monoisotopic (exact) mass is 203 g/mol. The van der Waals surface area contributed by atoms with Crippen LogP contribution in [0.15, 0.2) is 18.2 Å². The molecule has 1 aliphatic carbocycles. The minimum absolute atomic E-state index is 0.362. The molecule has 1 saturated carbocycles. The van der Waals surface area contributed by atoms with E-state index in [4.69, 9.17) is 5.73 Å². The standard InChI is InChI=1S/C14H21N/c1-9-4-5-10(2)12(6-9)8-14(15)13-7-11(13)3/h4-6,11,13-14H,7-8,15H2,1-3H3. The third-order valence-corrected chi connectivity index (χ3v) is 3.68. The molecule has 2 rings (SSSR count). The van der Waals surface area contributed by atoms with Crippen LogP contribution < -0.4 is 5.73 Å². The highest BCUT2D eigenvalue weighted by molar-refractivity contribution is 5.31. The Bertz CT molecular complexity index is 356. The number of hydrogen-bond donors (Lipinski definition) is 1. The first-order valence-electron chi connectivity index (χ1n) is 5.89. The van der Waals surface area contributed by atoms with E-state index in [2.05, 4.69) is 39.0 Å². The molecule has 15 heavy (non-hydrogen) atoms. The van der Waals surface area contributed by atoms with E-state index in [0.29, 0.717) is 6.04 Å². The van der Waals surface area contributed by atoms with Gasteiger partial charge in [0.25, 0.3) is 0 Å². The number of benzene rings is 1.